The number of amides is 1. The Balaban J connectivity index is 1.82. The fraction of sp³-hybridized carbons (Fsp3) is 0.235. The number of aromatic nitrogens is 1. The summed E-state index contributed by atoms with van der Waals surface area (Å²) in [7, 11) is 0. The fourth-order valence-corrected chi connectivity index (χ4v) is 2.11. The molecule has 1 N–H and O–H groups in total. The first-order chi connectivity index (χ1) is 11.2. The van der Waals surface area contributed by atoms with E-state index in [0.717, 1.165) is 6.42 Å². The van der Waals surface area contributed by atoms with Crippen molar-refractivity contribution in [2.45, 2.75) is 19.9 Å². The van der Waals surface area contributed by atoms with Crippen LogP contribution in [0.5, 0.6) is 0 Å². The Morgan fingerprint density at radius 1 is 1.26 bits per heavy atom. The topological polar surface area (TPSA) is 71.6 Å². The molecule has 118 valence electrons. The molecule has 0 fully saturated rings. The molecule has 2 aromatic rings. The molecule has 0 spiro atoms. The Hall–Kier alpha value is -2.98. The van der Waals surface area contributed by atoms with E-state index in [1.165, 1.54) is 11.8 Å². The van der Waals surface area contributed by atoms with Crippen molar-refractivity contribution in [1.82, 2.24) is 0 Å². The van der Waals surface area contributed by atoms with Gasteiger partial charge in [-0.1, -0.05) is 13.0 Å². The van der Waals surface area contributed by atoms with Gasteiger partial charge in [0, 0.05) is 24.2 Å². The molecule has 6 nitrogen and oxygen atoms in total. The van der Waals surface area contributed by atoms with Crippen LogP contribution in [0.4, 0.5) is 16.2 Å². The number of aryl methyl sites for hydroxylation is 1. The first kappa shape index (κ1) is 16.4. The zero-order chi connectivity index (χ0) is 16.5. The van der Waals surface area contributed by atoms with Crippen molar-refractivity contribution in [3.63, 3.8) is 0 Å². The first-order valence-corrected chi connectivity index (χ1v) is 7.32. The fourth-order valence-electron chi connectivity index (χ4n) is 2.11. The monoisotopic (exact) mass is 312 g/mol. The van der Waals surface area contributed by atoms with Gasteiger partial charge in [0.05, 0.1) is 5.69 Å². The molecule has 1 aromatic carbocycles. The average Bonchev–Trinajstić information content (AvgIpc) is 2.57. The highest BCUT2D eigenvalue weighted by Crippen LogP contribution is 2.15. The highest BCUT2D eigenvalue weighted by atomic mass is 16.5. The van der Waals surface area contributed by atoms with Crippen LogP contribution in [-0.4, -0.2) is 18.8 Å². The molecule has 0 aliphatic rings. The molecule has 0 saturated carbocycles. The zero-order valence-corrected chi connectivity index (χ0v) is 12.9. The Bertz CT molecular complexity index is 707. The molecule has 0 atom stereocenters. The highest BCUT2D eigenvalue weighted by molar-refractivity contribution is 5.84. The van der Waals surface area contributed by atoms with Crippen LogP contribution in [0.15, 0.2) is 53.7 Å². The summed E-state index contributed by atoms with van der Waals surface area (Å²) in [6.45, 7) is 2.96. The lowest BCUT2D eigenvalue weighted by atomic mass is 10.3. The SMILES string of the molecule is CCc1cccc[n+]1CCOC(=O)Nc1ccc(N=C=O)cc1. The number of pyridine rings is 1. The van der Waals surface area contributed by atoms with E-state index in [-0.39, 0.29) is 6.61 Å². The number of aliphatic imine (C=N–C) groups is 1. The molecule has 0 aliphatic carbocycles. The summed E-state index contributed by atoms with van der Waals surface area (Å²) in [5.41, 5.74) is 2.23. The standard InChI is InChI=1S/C17H17N3O3/c1-2-16-5-3-4-10-20(16)11-12-23-17(22)19-15-8-6-14(7-9-15)18-13-21/h3-10H,2,11-12H2,1H3/p+1. The third-order valence-electron chi connectivity index (χ3n) is 3.25. The van der Waals surface area contributed by atoms with Crippen molar-refractivity contribution in [3.8, 4) is 0 Å². The van der Waals surface area contributed by atoms with E-state index < -0.39 is 6.09 Å². The van der Waals surface area contributed by atoms with Crippen molar-refractivity contribution >= 4 is 23.5 Å². The number of carbonyl (C=O) groups is 1. The number of rotatable bonds is 6. The van der Waals surface area contributed by atoms with E-state index in [4.69, 9.17) is 4.74 Å². The number of nitrogens with zero attached hydrogens (tertiary/aromatic N) is 2. The minimum Gasteiger partial charge on any atom is -0.443 e. The summed E-state index contributed by atoms with van der Waals surface area (Å²) >= 11 is 0. The number of nitrogens with one attached hydrogen (secondary N) is 1. The maximum absolute atomic E-state index is 11.7. The van der Waals surface area contributed by atoms with Gasteiger partial charge in [0.1, 0.15) is 0 Å². The molecule has 6 heteroatoms. The minimum atomic E-state index is -0.522. The average molecular weight is 312 g/mol. The zero-order valence-electron chi connectivity index (χ0n) is 12.9. The third-order valence-corrected chi connectivity index (χ3v) is 3.25. The van der Waals surface area contributed by atoms with Gasteiger partial charge < -0.3 is 4.74 Å². The summed E-state index contributed by atoms with van der Waals surface area (Å²) < 4.78 is 7.23. The van der Waals surface area contributed by atoms with Crippen molar-refractivity contribution in [2.24, 2.45) is 4.99 Å². The normalized spacial score (nSPS) is 9.78. The summed E-state index contributed by atoms with van der Waals surface area (Å²) in [6, 6.07) is 12.5. The second-order valence-electron chi connectivity index (χ2n) is 4.75. The van der Waals surface area contributed by atoms with E-state index >= 15 is 0 Å². The first-order valence-electron chi connectivity index (χ1n) is 7.32. The van der Waals surface area contributed by atoms with Gasteiger partial charge in [0.15, 0.2) is 25.0 Å². The van der Waals surface area contributed by atoms with Crippen LogP contribution in [0.1, 0.15) is 12.6 Å². The van der Waals surface area contributed by atoms with E-state index in [1.54, 1.807) is 24.3 Å². The van der Waals surface area contributed by atoms with Crippen LogP contribution in [-0.2, 0) is 22.5 Å². The predicted octanol–water partition coefficient (Wildman–Crippen LogP) is 2.75. The molecule has 23 heavy (non-hydrogen) atoms. The molecular formula is C17H18N3O3+. The molecule has 2 rings (SSSR count). The number of benzene rings is 1. The van der Waals surface area contributed by atoms with Crippen LogP contribution in [0.2, 0.25) is 0 Å². The van der Waals surface area contributed by atoms with Gasteiger partial charge in [-0.15, -0.1) is 0 Å². The van der Waals surface area contributed by atoms with Gasteiger partial charge in [-0.3, -0.25) is 5.32 Å². The number of carbonyl (C=O) groups excluding carboxylic acids is 2. The Morgan fingerprint density at radius 3 is 2.74 bits per heavy atom. The largest absolute Gasteiger partial charge is 0.443 e. The lowest BCUT2D eigenvalue weighted by Gasteiger charge is -2.06. The van der Waals surface area contributed by atoms with Crippen LogP contribution >= 0.6 is 0 Å². The number of hydrogen-bond acceptors (Lipinski definition) is 4. The number of anilines is 1. The molecular weight excluding hydrogens is 294 g/mol. The molecule has 0 aliphatic heterocycles. The van der Waals surface area contributed by atoms with E-state index in [9.17, 15) is 9.59 Å². The number of isocyanates is 1. The van der Waals surface area contributed by atoms with Crippen molar-refractivity contribution < 1.29 is 18.9 Å². The summed E-state index contributed by atoms with van der Waals surface area (Å²) in [5, 5.41) is 2.62. The number of ether oxygens (including phenoxy) is 1. The molecule has 1 heterocycles. The molecule has 0 unspecified atom stereocenters. The Kier molecular flexibility index (Phi) is 6.03. The Morgan fingerprint density at radius 2 is 2.04 bits per heavy atom. The van der Waals surface area contributed by atoms with E-state index in [0.29, 0.717) is 17.9 Å². The molecule has 0 bridgehead atoms. The lowest BCUT2D eigenvalue weighted by molar-refractivity contribution is -0.704. The molecule has 1 amide bonds. The summed E-state index contributed by atoms with van der Waals surface area (Å²) in [4.78, 5) is 25.3. The van der Waals surface area contributed by atoms with Crippen molar-refractivity contribution in [1.29, 1.82) is 0 Å². The second kappa shape index (κ2) is 8.46. The summed E-state index contributed by atoms with van der Waals surface area (Å²) in [6.07, 6.45) is 3.82. The number of hydrogen-bond donors (Lipinski definition) is 1. The van der Waals surface area contributed by atoms with Crippen LogP contribution in [0.25, 0.3) is 0 Å². The minimum absolute atomic E-state index is 0.279. The maximum Gasteiger partial charge on any atom is 0.411 e. The Labute approximate surface area is 134 Å². The quantitative estimate of drug-likeness (QED) is 0.506. The van der Waals surface area contributed by atoms with Gasteiger partial charge in [0.25, 0.3) is 0 Å². The maximum atomic E-state index is 11.7. The van der Waals surface area contributed by atoms with Gasteiger partial charge in [-0.25, -0.2) is 9.59 Å². The lowest BCUT2D eigenvalue weighted by Crippen LogP contribution is -2.40. The smallest absolute Gasteiger partial charge is 0.411 e. The van der Waals surface area contributed by atoms with Gasteiger partial charge in [-0.2, -0.15) is 9.56 Å². The van der Waals surface area contributed by atoms with Gasteiger partial charge >= 0.3 is 6.09 Å². The van der Waals surface area contributed by atoms with Crippen molar-refractivity contribution in [2.75, 3.05) is 11.9 Å². The van der Waals surface area contributed by atoms with E-state index in [2.05, 4.69) is 21.8 Å². The van der Waals surface area contributed by atoms with Gasteiger partial charge in [-0.05, 0) is 24.3 Å². The van der Waals surface area contributed by atoms with Gasteiger partial charge in [0.2, 0.25) is 6.08 Å². The third kappa shape index (κ3) is 5.05. The molecule has 1 aromatic heterocycles. The second-order valence-corrected chi connectivity index (χ2v) is 4.75. The van der Waals surface area contributed by atoms with E-state index in [1.807, 2.05) is 24.4 Å². The summed E-state index contributed by atoms with van der Waals surface area (Å²) in [5.74, 6) is 0. The van der Waals surface area contributed by atoms with Crippen LogP contribution < -0.4 is 9.88 Å². The van der Waals surface area contributed by atoms with Crippen molar-refractivity contribution in [3.05, 3.63) is 54.4 Å². The van der Waals surface area contributed by atoms with Crippen LogP contribution in [0, 0.1) is 0 Å². The predicted molar refractivity (Wildman–Crippen MR) is 85.2 cm³/mol. The molecule has 0 radical (unpaired) electrons. The molecule has 0 saturated heterocycles. The highest BCUT2D eigenvalue weighted by Gasteiger charge is 2.09. The van der Waals surface area contributed by atoms with Crippen LogP contribution in [0.3, 0.4) is 0 Å².